The minimum Gasteiger partial charge on any atom is -0.493 e. The van der Waals surface area contributed by atoms with Crippen LogP contribution in [-0.2, 0) is 11.2 Å². The van der Waals surface area contributed by atoms with Gasteiger partial charge in [0.15, 0.2) is 11.5 Å². The van der Waals surface area contributed by atoms with Crippen LogP contribution < -0.4 is 9.47 Å². The summed E-state index contributed by atoms with van der Waals surface area (Å²) in [6, 6.07) is 7.57. The quantitative estimate of drug-likeness (QED) is 0.787. The number of methoxy groups -OCH3 is 2. The number of ether oxygens (including phenoxy) is 2. The summed E-state index contributed by atoms with van der Waals surface area (Å²) in [5.74, 6) is 2.53. The molecule has 140 valence electrons. The number of carbonyl (C=O) groups is 1. The van der Waals surface area contributed by atoms with E-state index in [9.17, 15) is 4.79 Å². The maximum Gasteiger partial charge on any atom is 0.227 e. The molecule has 1 aliphatic rings. The van der Waals surface area contributed by atoms with Gasteiger partial charge in [-0.2, -0.15) is 0 Å². The standard InChI is InChI=1S/C20H26N2O4/c1-13(2)18-12-15(21-26-18)16-6-5-9-22(16)20(23)11-14-7-8-17(24-3)19(10-14)25-4/h7-8,10,12-13,16H,5-6,9,11H2,1-4H3/t16-/m1/s1. The zero-order valence-corrected chi connectivity index (χ0v) is 15.8. The first-order valence-corrected chi connectivity index (χ1v) is 9.00. The van der Waals surface area contributed by atoms with E-state index < -0.39 is 0 Å². The van der Waals surface area contributed by atoms with E-state index in [1.165, 1.54) is 0 Å². The van der Waals surface area contributed by atoms with E-state index in [2.05, 4.69) is 19.0 Å². The molecular formula is C20H26N2O4. The van der Waals surface area contributed by atoms with Crippen molar-refractivity contribution >= 4 is 5.91 Å². The Balaban J connectivity index is 1.74. The van der Waals surface area contributed by atoms with Crippen molar-refractivity contribution in [3.8, 4) is 11.5 Å². The molecule has 0 spiro atoms. The van der Waals surface area contributed by atoms with Crippen LogP contribution in [0.2, 0.25) is 0 Å². The molecule has 1 aliphatic heterocycles. The fourth-order valence-corrected chi connectivity index (χ4v) is 3.37. The van der Waals surface area contributed by atoms with Gasteiger partial charge in [-0.15, -0.1) is 0 Å². The van der Waals surface area contributed by atoms with Gasteiger partial charge in [0, 0.05) is 18.5 Å². The lowest BCUT2D eigenvalue weighted by Gasteiger charge is -2.23. The third-order valence-electron chi connectivity index (χ3n) is 4.83. The summed E-state index contributed by atoms with van der Waals surface area (Å²) in [7, 11) is 3.19. The molecule has 0 saturated carbocycles. The number of benzene rings is 1. The predicted molar refractivity (Wildman–Crippen MR) is 97.5 cm³/mol. The average molecular weight is 358 g/mol. The summed E-state index contributed by atoms with van der Waals surface area (Å²) in [6.45, 7) is 4.89. The maximum absolute atomic E-state index is 12.9. The van der Waals surface area contributed by atoms with Gasteiger partial charge < -0.3 is 18.9 Å². The van der Waals surface area contributed by atoms with E-state index >= 15 is 0 Å². The minimum atomic E-state index is -0.00102. The van der Waals surface area contributed by atoms with Crippen molar-refractivity contribution < 1.29 is 18.8 Å². The van der Waals surface area contributed by atoms with Gasteiger partial charge in [-0.1, -0.05) is 25.1 Å². The molecule has 1 aromatic heterocycles. The summed E-state index contributed by atoms with van der Waals surface area (Å²) >= 11 is 0. The van der Waals surface area contributed by atoms with Crippen LogP contribution in [0.4, 0.5) is 0 Å². The molecular weight excluding hydrogens is 332 g/mol. The van der Waals surface area contributed by atoms with Crippen LogP contribution in [0.25, 0.3) is 0 Å². The largest absolute Gasteiger partial charge is 0.493 e. The van der Waals surface area contributed by atoms with Crippen molar-refractivity contribution in [1.29, 1.82) is 0 Å². The molecule has 0 radical (unpaired) electrons. The van der Waals surface area contributed by atoms with Crippen LogP contribution in [0, 0.1) is 0 Å². The molecule has 1 amide bonds. The summed E-state index contributed by atoms with van der Waals surface area (Å²) in [6.07, 6.45) is 2.22. The Kier molecular flexibility index (Phi) is 5.49. The second-order valence-electron chi connectivity index (χ2n) is 6.92. The molecule has 1 saturated heterocycles. The van der Waals surface area contributed by atoms with E-state index in [-0.39, 0.29) is 17.9 Å². The normalized spacial score (nSPS) is 17.0. The molecule has 1 fully saturated rings. The van der Waals surface area contributed by atoms with Gasteiger partial charge in [-0.05, 0) is 30.5 Å². The van der Waals surface area contributed by atoms with Crippen LogP contribution in [0.1, 0.15) is 55.7 Å². The predicted octanol–water partition coefficient (Wildman–Crippen LogP) is 3.72. The first kappa shape index (κ1) is 18.3. The number of nitrogens with zero attached hydrogens (tertiary/aromatic N) is 2. The molecule has 6 heteroatoms. The van der Waals surface area contributed by atoms with Gasteiger partial charge in [-0.3, -0.25) is 4.79 Å². The van der Waals surface area contributed by atoms with E-state index in [1.807, 2.05) is 29.2 Å². The third kappa shape index (κ3) is 3.69. The van der Waals surface area contributed by atoms with Gasteiger partial charge in [0.25, 0.3) is 0 Å². The Morgan fingerprint density at radius 1 is 1.27 bits per heavy atom. The molecule has 0 N–H and O–H groups in total. The summed E-state index contributed by atoms with van der Waals surface area (Å²) < 4.78 is 16.0. The van der Waals surface area contributed by atoms with Crippen molar-refractivity contribution in [2.24, 2.45) is 0 Å². The molecule has 1 atom stereocenters. The number of hydrogen-bond acceptors (Lipinski definition) is 5. The molecule has 2 aromatic rings. The molecule has 6 nitrogen and oxygen atoms in total. The smallest absolute Gasteiger partial charge is 0.227 e. The van der Waals surface area contributed by atoms with Crippen molar-refractivity contribution in [3.63, 3.8) is 0 Å². The van der Waals surface area contributed by atoms with Crippen molar-refractivity contribution in [2.75, 3.05) is 20.8 Å². The van der Waals surface area contributed by atoms with Gasteiger partial charge >= 0.3 is 0 Å². The highest BCUT2D eigenvalue weighted by Gasteiger charge is 2.32. The Morgan fingerprint density at radius 3 is 2.69 bits per heavy atom. The number of carbonyl (C=O) groups excluding carboxylic acids is 1. The Morgan fingerprint density at radius 2 is 2.04 bits per heavy atom. The lowest BCUT2D eigenvalue weighted by molar-refractivity contribution is -0.131. The third-order valence-corrected chi connectivity index (χ3v) is 4.83. The van der Waals surface area contributed by atoms with Crippen molar-refractivity contribution in [2.45, 2.75) is 45.1 Å². The van der Waals surface area contributed by atoms with E-state index in [1.54, 1.807) is 14.2 Å². The maximum atomic E-state index is 12.9. The zero-order chi connectivity index (χ0) is 18.7. The first-order chi connectivity index (χ1) is 12.5. The topological polar surface area (TPSA) is 64.8 Å². The number of hydrogen-bond donors (Lipinski definition) is 0. The van der Waals surface area contributed by atoms with E-state index in [0.717, 1.165) is 36.4 Å². The Labute approximate surface area is 154 Å². The van der Waals surface area contributed by atoms with Crippen LogP contribution in [0.5, 0.6) is 11.5 Å². The Bertz CT molecular complexity index is 769. The average Bonchev–Trinajstić information content (AvgIpc) is 3.30. The molecule has 0 aliphatic carbocycles. The fraction of sp³-hybridized carbons (Fsp3) is 0.500. The van der Waals surface area contributed by atoms with E-state index in [0.29, 0.717) is 17.9 Å². The Hall–Kier alpha value is -2.50. The minimum absolute atomic E-state index is 0.00102. The van der Waals surface area contributed by atoms with Crippen molar-refractivity contribution in [3.05, 3.63) is 41.3 Å². The summed E-state index contributed by atoms with van der Waals surface area (Å²) in [5, 5.41) is 4.20. The number of rotatable bonds is 6. The lowest BCUT2D eigenvalue weighted by atomic mass is 10.1. The first-order valence-electron chi connectivity index (χ1n) is 9.00. The SMILES string of the molecule is COc1ccc(CC(=O)N2CCC[C@@H]2c2cc(C(C)C)on2)cc1OC. The zero-order valence-electron chi connectivity index (χ0n) is 15.8. The molecule has 3 rings (SSSR count). The fourth-order valence-electron chi connectivity index (χ4n) is 3.37. The molecule has 2 heterocycles. The number of amides is 1. The van der Waals surface area contributed by atoms with Crippen LogP contribution >= 0.6 is 0 Å². The summed E-state index contributed by atoms with van der Waals surface area (Å²) in [4.78, 5) is 14.8. The van der Waals surface area contributed by atoms with Crippen LogP contribution in [-0.4, -0.2) is 36.7 Å². The molecule has 26 heavy (non-hydrogen) atoms. The highest BCUT2D eigenvalue weighted by atomic mass is 16.5. The van der Waals surface area contributed by atoms with Gasteiger partial charge in [0.1, 0.15) is 11.5 Å². The highest BCUT2D eigenvalue weighted by Crippen LogP contribution is 2.34. The highest BCUT2D eigenvalue weighted by molar-refractivity contribution is 5.79. The molecule has 1 aromatic carbocycles. The van der Waals surface area contributed by atoms with Gasteiger partial charge in [0.05, 0.1) is 26.7 Å². The molecule has 0 bridgehead atoms. The second kappa shape index (κ2) is 7.81. The van der Waals surface area contributed by atoms with Gasteiger partial charge in [0.2, 0.25) is 5.91 Å². The summed E-state index contributed by atoms with van der Waals surface area (Å²) in [5.41, 5.74) is 1.76. The van der Waals surface area contributed by atoms with Crippen molar-refractivity contribution in [1.82, 2.24) is 10.1 Å². The number of likely N-dealkylation sites (tertiary alicyclic amines) is 1. The van der Waals surface area contributed by atoms with Crippen LogP contribution in [0.3, 0.4) is 0 Å². The van der Waals surface area contributed by atoms with E-state index in [4.69, 9.17) is 14.0 Å². The van der Waals surface area contributed by atoms with Gasteiger partial charge in [-0.25, -0.2) is 0 Å². The molecule has 0 unspecified atom stereocenters. The second-order valence-corrected chi connectivity index (χ2v) is 6.92. The lowest BCUT2D eigenvalue weighted by Crippen LogP contribution is -2.32. The monoisotopic (exact) mass is 358 g/mol. The van der Waals surface area contributed by atoms with Crippen LogP contribution in [0.15, 0.2) is 28.8 Å². The number of aromatic nitrogens is 1.